The second kappa shape index (κ2) is 8.00. The lowest BCUT2D eigenvalue weighted by Crippen LogP contribution is -2.36. The van der Waals surface area contributed by atoms with Gasteiger partial charge in [0.2, 0.25) is 0 Å². The quantitative estimate of drug-likeness (QED) is 0.463. The predicted molar refractivity (Wildman–Crippen MR) is 81.7 cm³/mol. The van der Waals surface area contributed by atoms with Gasteiger partial charge in [-0.05, 0) is 37.5 Å². The van der Waals surface area contributed by atoms with Crippen LogP contribution in [-0.2, 0) is 9.53 Å². The highest BCUT2D eigenvalue weighted by Crippen LogP contribution is 2.35. The zero-order valence-corrected chi connectivity index (χ0v) is 13.4. The molecule has 1 aliphatic carbocycles. The fourth-order valence-electron chi connectivity index (χ4n) is 2.86. The summed E-state index contributed by atoms with van der Waals surface area (Å²) in [4.78, 5) is 22.5. The molecule has 3 N–H and O–H groups in total. The lowest BCUT2D eigenvalue weighted by molar-refractivity contribution is -0.154. The molecule has 0 saturated heterocycles. The van der Waals surface area contributed by atoms with E-state index in [1.54, 1.807) is 6.92 Å². The van der Waals surface area contributed by atoms with Crippen LogP contribution in [0, 0.1) is 17.8 Å². The van der Waals surface area contributed by atoms with Crippen molar-refractivity contribution in [1.29, 1.82) is 0 Å². The average Bonchev–Trinajstić information content (AvgIpc) is 2.35. The highest BCUT2D eigenvalue weighted by Gasteiger charge is 2.33. The summed E-state index contributed by atoms with van der Waals surface area (Å²) in [5.41, 5.74) is 7.50. The Morgan fingerprint density at radius 2 is 2.05 bits per heavy atom. The molecule has 6 nitrogen and oxygen atoms in total. The van der Waals surface area contributed by atoms with Crippen molar-refractivity contribution in [2.45, 2.75) is 59.5 Å². The van der Waals surface area contributed by atoms with Gasteiger partial charge in [-0.2, -0.15) is 5.10 Å². The van der Waals surface area contributed by atoms with Gasteiger partial charge in [0.15, 0.2) is 0 Å². The predicted octanol–water partition coefficient (Wildman–Crippen LogP) is 2.42. The number of urea groups is 1. The molecule has 1 fully saturated rings. The Morgan fingerprint density at radius 1 is 1.38 bits per heavy atom. The molecule has 3 unspecified atom stereocenters. The minimum atomic E-state index is -0.747. The van der Waals surface area contributed by atoms with E-state index >= 15 is 0 Å². The number of primary amides is 1. The summed E-state index contributed by atoms with van der Waals surface area (Å²) in [5, 5.41) is 3.72. The van der Waals surface area contributed by atoms with Crippen molar-refractivity contribution >= 4 is 17.7 Å². The van der Waals surface area contributed by atoms with Crippen LogP contribution in [0.2, 0.25) is 0 Å². The van der Waals surface area contributed by atoms with Crippen molar-refractivity contribution in [3.8, 4) is 0 Å². The summed E-state index contributed by atoms with van der Waals surface area (Å²) in [6.45, 7) is 8.19. The maximum Gasteiger partial charge on any atom is 0.332 e. The van der Waals surface area contributed by atoms with E-state index in [1.807, 2.05) is 0 Å². The second-order valence-electron chi connectivity index (χ2n) is 6.35. The van der Waals surface area contributed by atoms with Crippen LogP contribution < -0.4 is 11.2 Å². The number of hydrogen-bond donors (Lipinski definition) is 2. The fraction of sp³-hybridized carbons (Fsp3) is 0.800. The first-order valence-electron chi connectivity index (χ1n) is 7.57. The van der Waals surface area contributed by atoms with Crippen LogP contribution in [0.1, 0.15) is 53.4 Å². The van der Waals surface area contributed by atoms with Gasteiger partial charge in [0, 0.05) is 5.71 Å². The van der Waals surface area contributed by atoms with Crippen LogP contribution in [-0.4, -0.2) is 23.8 Å². The maximum absolute atomic E-state index is 12.0. The molecule has 1 aliphatic rings. The first-order valence-corrected chi connectivity index (χ1v) is 7.57. The van der Waals surface area contributed by atoms with Crippen LogP contribution in [0.4, 0.5) is 4.79 Å². The highest BCUT2D eigenvalue weighted by atomic mass is 16.5. The van der Waals surface area contributed by atoms with Gasteiger partial charge in [0.25, 0.3) is 0 Å². The molecule has 21 heavy (non-hydrogen) atoms. The zero-order chi connectivity index (χ0) is 16.0. The molecular weight excluding hydrogens is 270 g/mol. The lowest BCUT2D eigenvalue weighted by Gasteiger charge is -2.36. The molecule has 0 radical (unpaired) electrons. The van der Waals surface area contributed by atoms with Crippen molar-refractivity contribution in [2.24, 2.45) is 28.6 Å². The normalized spacial score (nSPS) is 26.5. The number of esters is 1. The van der Waals surface area contributed by atoms with Gasteiger partial charge in [0.05, 0.1) is 6.42 Å². The summed E-state index contributed by atoms with van der Waals surface area (Å²) in [7, 11) is 0. The highest BCUT2D eigenvalue weighted by molar-refractivity contribution is 5.97. The van der Waals surface area contributed by atoms with Gasteiger partial charge < -0.3 is 10.5 Å². The topological polar surface area (TPSA) is 93.8 Å². The fourth-order valence-corrected chi connectivity index (χ4v) is 2.86. The molecule has 0 heterocycles. The summed E-state index contributed by atoms with van der Waals surface area (Å²) in [6, 6.07) is -0.747. The van der Waals surface area contributed by atoms with Crippen LogP contribution in [0.25, 0.3) is 0 Å². The number of nitrogens with zero attached hydrogens (tertiary/aromatic N) is 1. The van der Waals surface area contributed by atoms with Crippen molar-refractivity contribution in [3.63, 3.8) is 0 Å². The van der Waals surface area contributed by atoms with E-state index < -0.39 is 6.03 Å². The average molecular weight is 297 g/mol. The minimum Gasteiger partial charge on any atom is -0.462 e. The van der Waals surface area contributed by atoms with Crippen molar-refractivity contribution in [2.75, 3.05) is 0 Å². The Morgan fingerprint density at radius 3 is 2.62 bits per heavy atom. The van der Waals surface area contributed by atoms with E-state index in [4.69, 9.17) is 10.5 Å². The van der Waals surface area contributed by atoms with E-state index in [1.165, 1.54) is 6.42 Å². The number of hydrazone groups is 1. The second-order valence-corrected chi connectivity index (χ2v) is 6.35. The number of carbonyl (C=O) groups is 2. The number of nitrogens with two attached hydrogens (primary N) is 1. The minimum absolute atomic E-state index is 0.0156. The molecule has 120 valence electrons. The number of hydrogen-bond acceptors (Lipinski definition) is 4. The molecule has 0 bridgehead atoms. The molecule has 1 saturated carbocycles. The van der Waals surface area contributed by atoms with E-state index in [2.05, 4.69) is 31.3 Å². The Hall–Kier alpha value is -1.59. The van der Waals surface area contributed by atoms with Crippen LogP contribution in [0.15, 0.2) is 5.10 Å². The van der Waals surface area contributed by atoms with Crippen LogP contribution in [0.5, 0.6) is 0 Å². The molecule has 2 amide bonds. The monoisotopic (exact) mass is 297 g/mol. The maximum atomic E-state index is 12.0. The van der Waals surface area contributed by atoms with Gasteiger partial charge in [0.1, 0.15) is 6.10 Å². The molecule has 0 aromatic carbocycles. The molecule has 0 spiro atoms. The Labute approximate surface area is 126 Å². The molecular formula is C15H27N3O3. The standard InChI is InChI=1S/C15H27N3O3/c1-9(2)12-6-5-10(3)7-13(12)21-14(19)8-11(4)17-18-15(16)20/h9-10,12-13H,5-8H2,1-4H3,(H3,16,18,20)/b17-11+. The van der Waals surface area contributed by atoms with Gasteiger partial charge in [-0.3, -0.25) is 4.79 Å². The number of nitrogens with one attached hydrogen (secondary N) is 1. The molecule has 0 aromatic rings. The number of rotatable bonds is 5. The van der Waals surface area contributed by atoms with Gasteiger partial charge >= 0.3 is 12.0 Å². The van der Waals surface area contributed by atoms with Crippen LogP contribution in [0.3, 0.4) is 0 Å². The van der Waals surface area contributed by atoms with E-state index in [-0.39, 0.29) is 18.5 Å². The summed E-state index contributed by atoms with van der Waals surface area (Å²) in [5.74, 6) is 1.21. The van der Waals surface area contributed by atoms with E-state index in [9.17, 15) is 9.59 Å². The summed E-state index contributed by atoms with van der Waals surface area (Å²) in [6.07, 6.45) is 3.27. The van der Waals surface area contributed by atoms with E-state index in [0.717, 1.165) is 12.8 Å². The van der Waals surface area contributed by atoms with Crippen molar-refractivity contribution in [1.82, 2.24) is 5.43 Å². The largest absolute Gasteiger partial charge is 0.462 e. The van der Waals surface area contributed by atoms with Gasteiger partial charge in [-0.25, -0.2) is 10.2 Å². The molecule has 0 aliphatic heterocycles. The van der Waals surface area contributed by atoms with Crippen molar-refractivity contribution < 1.29 is 14.3 Å². The Bertz CT molecular complexity index is 407. The lowest BCUT2D eigenvalue weighted by atomic mass is 9.75. The zero-order valence-electron chi connectivity index (χ0n) is 13.4. The molecule has 3 atom stereocenters. The molecule has 6 heteroatoms. The SMILES string of the molecule is C/C(CC(=O)OC1CC(C)CCC1C(C)C)=N\NC(N)=O. The van der Waals surface area contributed by atoms with Gasteiger partial charge in [-0.1, -0.05) is 27.2 Å². The van der Waals surface area contributed by atoms with Gasteiger partial charge in [-0.15, -0.1) is 0 Å². The third-order valence-electron chi connectivity index (χ3n) is 4.00. The number of carbonyl (C=O) groups excluding carboxylic acids is 2. The third-order valence-corrected chi connectivity index (χ3v) is 4.00. The summed E-state index contributed by atoms with van der Waals surface area (Å²) >= 11 is 0. The molecule has 1 rings (SSSR count). The molecule has 0 aromatic heterocycles. The first kappa shape index (κ1) is 17.5. The van der Waals surface area contributed by atoms with Crippen LogP contribution >= 0.6 is 0 Å². The van der Waals surface area contributed by atoms with E-state index in [0.29, 0.717) is 23.5 Å². The Kier molecular flexibility index (Phi) is 6.65. The summed E-state index contributed by atoms with van der Waals surface area (Å²) < 4.78 is 5.65. The van der Waals surface area contributed by atoms with Crippen molar-refractivity contribution in [3.05, 3.63) is 0 Å². The smallest absolute Gasteiger partial charge is 0.332 e. The first-order chi connectivity index (χ1) is 9.79. The Balaban J connectivity index is 2.54. The third kappa shape index (κ3) is 6.14. The number of amides is 2. The number of ether oxygens (including phenoxy) is 1.